The Bertz CT molecular complexity index is 1090. The Labute approximate surface area is 172 Å². The molecule has 0 spiro atoms. The Morgan fingerprint density at radius 1 is 1.10 bits per heavy atom. The van der Waals surface area contributed by atoms with E-state index >= 15 is 0 Å². The number of hydrogen-bond acceptors (Lipinski definition) is 4. The average Bonchev–Trinajstić information content (AvgIpc) is 3.10. The maximum absolute atomic E-state index is 13.5. The van der Waals surface area contributed by atoms with Gasteiger partial charge < -0.3 is 4.74 Å². The van der Waals surface area contributed by atoms with E-state index in [0.29, 0.717) is 29.1 Å². The molecule has 0 fully saturated rings. The summed E-state index contributed by atoms with van der Waals surface area (Å²) in [5, 5.41) is 0. The van der Waals surface area contributed by atoms with E-state index < -0.39 is 10.0 Å². The SMILES string of the molecule is COc1ccc(S(=O)(=O)N2C[C@H]3C[C@@H]4[C@H](C=C(C)CN4C)c4cccc2c43)cc1. The van der Waals surface area contributed by atoms with Crippen molar-refractivity contribution in [1.82, 2.24) is 4.90 Å². The quantitative estimate of drug-likeness (QED) is 0.724. The van der Waals surface area contributed by atoms with Gasteiger partial charge in [-0.05, 0) is 61.9 Å². The maximum Gasteiger partial charge on any atom is 0.264 e. The van der Waals surface area contributed by atoms with Crippen molar-refractivity contribution in [3.8, 4) is 5.75 Å². The zero-order valence-corrected chi connectivity index (χ0v) is 17.8. The molecular formula is C23H26N2O3S. The van der Waals surface area contributed by atoms with Gasteiger partial charge in [-0.15, -0.1) is 0 Å². The van der Waals surface area contributed by atoms with Gasteiger partial charge in [0.15, 0.2) is 0 Å². The molecule has 0 N–H and O–H groups in total. The first-order chi connectivity index (χ1) is 13.9. The van der Waals surface area contributed by atoms with Crippen LogP contribution < -0.4 is 9.04 Å². The minimum absolute atomic E-state index is 0.240. The van der Waals surface area contributed by atoms with E-state index in [1.165, 1.54) is 16.7 Å². The lowest BCUT2D eigenvalue weighted by Gasteiger charge is -2.43. The molecule has 3 atom stereocenters. The summed E-state index contributed by atoms with van der Waals surface area (Å²) in [6.07, 6.45) is 3.38. The first-order valence-corrected chi connectivity index (χ1v) is 11.5. The second kappa shape index (κ2) is 6.61. The molecule has 3 aliphatic rings. The van der Waals surface area contributed by atoms with Gasteiger partial charge in [0.25, 0.3) is 10.0 Å². The van der Waals surface area contributed by atoms with Crippen molar-refractivity contribution in [2.24, 2.45) is 0 Å². The predicted octanol–water partition coefficient (Wildman–Crippen LogP) is 3.74. The number of nitrogens with zero attached hydrogens (tertiary/aromatic N) is 2. The van der Waals surface area contributed by atoms with E-state index in [1.54, 1.807) is 35.7 Å². The largest absolute Gasteiger partial charge is 0.497 e. The molecule has 2 aromatic carbocycles. The highest BCUT2D eigenvalue weighted by molar-refractivity contribution is 7.92. The molecule has 152 valence electrons. The number of fused-ring (bicyclic) bond motifs is 2. The third-order valence-corrected chi connectivity index (χ3v) is 8.45. The molecule has 2 heterocycles. The molecule has 5 nitrogen and oxygen atoms in total. The number of anilines is 1. The Morgan fingerprint density at radius 2 is 1.86 bits per heavy atom. The van der Waals surface area contributed by atoms with Crippen LogP contribution in [0.5, 0.6) is 5.75 Å². The Morgan fingerprint density at radius 3 is 2.59 bits per heavy atom. The zero-order valence-electron chi connectivity index (χ0n) is 17.0. The number of likely N-dealkylation sites (N-methyl/N-ethyl adjacent to an activating group) is 1. The van der Waals surface area contributed by atoms with Gasteiger partial charge in [-0.3, -0.25) is 9.21 Å². The third-order valence-electron chi connectivity index (χ3n) is 6.66. The van der Waals surface area contributed by atoms with E-state index in [-0.39, 0.29) is 5.92 Å². The normalized spacial score (nSPS) is 26.0. The lowest BCUT2D eigenvalue weighted by Crippen LogP contribution is -2.44. The lowest BCUT2D eigenvalue weighted by molar-refractivity contribution is 0.198. The molecule has 2 aliphatic heterocycles. The lowest BCUT2D eigenvalue weighted by atomic mass is 9.72. The summed E-state index contributed by atoms with van der Waals surface area (Å²) in [4.78, 5) is 2.73. The minimum Gasteiger partial charge on any atom is -0.497 e. The maximum atomic E-state index is 13.5. The van der Waals surface area contributed by atoms with E-state index in [1.807, 2.05) is 12.1 Å². The van der Waals surface area contributed by atoms with Gasteiger partial charge in [0.2, 0.25) is 0 Å². The van der Waals surface area contributed by atoms with Gasteiger partial charge >= 0.3 is 0 Å². The van der Waals surface area contributed by atoms with Gasteiger partial charge in [-0.25, -0.2) is 8.42 Å². The molecule has 1 aliphatic carbocycles. The van der Waals surface area contributed by atoms with Gasteiger partial charge in [0, 0.05) is 31.0 Å². The van der Waals surface area contributed by atoms with E-state index in [0.717, 1.165) is 18.7 Å². The van der Waals surface area contributed by atoms with E-state index in [4.69, 9.17) is 4.74 Å². The van der Waals surface area contributed by atoms with Crippen LogP contribution in [0, 0.1) is 0 Å². The number of hydrogen-bond donors (Lipinski definition) is 0. The summed E-state index contributed by atoms with van der Waals surface area (Å²) in [5.74, 6) is 1.23. The van der Waals surface area contributed by atoms with Crippen LogP contribution in [0.25, 0.3) is 0 Å². The van der Waals surface area contributed by atoms with Crippen LogP contribution in [0.4, 0.5) is 5.69 Å². The number of sulfonamides is 1. The van der Waals surface area contributed by atoms with Crippen molar-refractivity contribution in [2.75, 3.05) is 31.6 Å². The Kier molecular flexibility index (Phi) is 4.26. The summed E-state index contributed by atoms with van der Waals surface area (Å²) < 4.78 is 33.8. The second-order valence-electron chi connectivity index (χ2n) is 8.45. The second-order valence-corrected chi connectivity index (χ2v) is 10.3. The molecule has 0 amide bonds. The van der Waals surface area contributed by atoms with Gasteiger partial charge in [-0.2, -0.15) is 0 Å². The van der Waals surface area contributed by atoms with Crippen molar-refractivity contribution >= 4 is 15.7 Å². The van der Waals surface area contributed by atoms with Crippen molar-refractivity contribution in [1.29, 1.82) is 0 Å². The number of benzene rings is 2. The van der Waals surface area contributed by atoms with Crippen molar-refractivity contribution < 1.29 is 13.2 Å². The standard InChI is InChI=1S/C23H26N2O3S/c1-15-11-20-19-5-4-6-21-23(19)16(12-22(20)24(2)13-15)14-25(21)29(26,27)18-9-7-17(28-3)8-10-18/h4-11,16,20,22H,12-14H2,1-3H3/t16-,20-,22-/m1/s1. The van der Waals surface area contributed by atoms with E-state index in [2.05, 4.69) is 31.0 Å². The molecular weight excluding hydrogens is 384 g/mol. The fourth-order valence-corrected chi connectivity index (χ4v) is 6.91. The fraction of sp³-hybridized carbons (Fsp3) is 0.391. The molecule has 2 aromatic rings. The zero-order chi connectivity index (χ0) is 20.3. The smallest absolute Gasteiger partial charge is 0.264 e. The Hall–Kier alpha value is -2.31. The van der Waals surface area contributed by atoms with Gasteiger partial charge in [-0.1, -0.05) is 23.8 Å². The van der Waals surface area contributed by atoms with Gasteiger partial charge in [0.05, 0.1) is 17.7 Å². The van der Waals surface area contributed by atoms with Crippen molar-refractivity contribution in [3.05, 3.63) is 65.2 Å². The molecule has 0 bridgehead atoms. The molecule has 5 rings (SSSR count). The third kappa shape index (κ3) is 2.81. The highest BCUT2D eigenvalue weighted by atomic mass is 32.2. The van der Waals surface area contributed by atoms with E-state index in [9.17, 15) is 8.42 Å². The molecule has 0 saturated heterocycles. The molecule has 29 heavy (non-hydrogen) atoms. The monoisotopic (exact) mass is 410 g/mol. The number of methoxy groups -OCH3 is 1. The molecule has 6 heteroatoms. The average molecular weight is 411 g/mol. The van der Waals surface area contributed by atoms with Crippen LogP contribution in [-0.4, -0.2) is 46.6 Å². The summed E-state index contributed by atoms with van der Waals surface area (Å²) in [7, 11) is 0.145. The highest BCUT2D eigenvalue weighted by Gasteiger charge is 2.45. The predicted molar refractivity (Wildman–Crippen MR) is 114 cm³/mol. The highest BCUT2D eigenvalue weighted by Crippen LogP contribution is 2.52. The fourth-order valence-electron chi connectivity index (χ4n) is 5.38. The van der Waals surface area contributed by atoms with Crippen LogP contribution >= 0.6 is 0 Å². The minimum atomic E-state index is -3.62. The van der Waals surface area contributed by atoms with Crippen LogP contribution in [-0.2, 0) is 10.0 Å². The van der Waals surface area contributed by atoms with Crippen LogP contribution in [0.1, 0.15) is 36.3 Å². The first-order valence-electron chi connectivity index (χ1n) is 10.1. The molecule has 0 aromatic heterocycles. The molecule has 0 saturated carbocycles. The Balaban J connectivity index is 1.59. The summed E-state index contributed by atoms with van der Waals surface area (Å²) in [6, 6.07) is 13.2. The van der Waals surface area contributed by atoms with Crippen LogP contribution in [0.2, 0.25) is 0 Å². The number of rotatable bonds is 3. The van der Waals surface area contributed by atoms with Gasteiger partial charge in [0.1, 0.15) is 5.75 Å². The molecule has 0 unspecified atom stereocenters. The summed E-state index contributed by atoms with van der Waals surface area (Å²) >= 11 is 0. The van der Waals surface area contributed by atoms with Crippen LogP contribution in [0.3, 0.4) is 0 Å². The number of ether oxygens (including phenoxy) is 1. The topological polar surface area (TPSA) is 49.9 Å². The van der Waals surface area contributed by atoms with Crippen molar-refractivity contribution in [3.63, 3.8) is 0 Å². The first kappa shape index (κ1) is 18.7. The summed E-state index contributed by atoms with van der Waals surface area (Å²) in [6.45, 7) is 3.68. The molecule has 0 radical (unpaired) electrons. The van der Waals surface area contributed by atoms with Crippen molar-refractivity contribution in [2.45, 2.75) is 36.1 Å². The van der Waals surface area contributed by atoms with Crippen LogP contribution in [0.15, 0.2) is 59.0 Å². The summed E-state index contributed by atoms with van der Waals surface area (Å²) in [5.41, 5.74) is 4.75.